The minimum atomic E-state index is -0.426. The molecule has 0 amide bonds. The van der Waals surface area contributed by atoms with Gasteiger partial charge in [0.25, 0.3) is 0 Å². The Balaban J connectivity index is 2.24. The summed E-state index contributed by atoms with van der Waals surface area (Å²) < 4.78 is 5.33. The molecule has 0 aliphatic heterocycles. The lowest BCUT2D eigenvalue weighted by Gasteiger charge is -2.18. The topological polar surface area (TPSA) is 47.3 Å². The lowest BCUT2D eigenvalue weighted by atomic mass is 9.83. The number of hydrogen-bond donors (Lipinski definition) is 0. The first-order valence-electron chi connectivity index (χ1n) is 5.73. The number of furan rings is 1. The SMILES string of the molecule is Cc1cc(C(=O)C2CCCCC2=O)c(C)o1. The van der Waals surface area contributed by atoms with E-state index in [0.717, 1.165) is 18.6 Å². The van der Waals surface area contributed by atoms with Crippen molar-refractivity contribution in [2.75, 3.05) is 0 Å². The summed E-state index contributed by atoms with van der Waals surface area (Å²) in [5.41, 5.74) is 0.581. The van der Waals surface area contributed by atoms with Gasteiger partial charge < -0.3 is 4.42 Å². The number of rotatable bonds is 2. The zero-order chi connectivity index (χ0) is 11.7. The van der Waals surface area contributed by atoms with Gasteiger partial charge in [-0.15, -0.1) is 0 Å². The molecular weight excluding hydrogens is 204 g/mol. The van der Waals surface area contributed by atoms with Crippen molar-refractivity contribution in [1.29, 1.82) is 0 Å². The maximum Gasteiger partial charge on any atom is 0.176 e. The Labute approximate surface area is 94.8 Å². The van der Waals surface area contributed by atoms with E-state index < -0.39 is 5.92 Å². The van der Waals surface area contributed by atoms with Crippen LogP contribution in [0.1, 0.15) is 47.6 Å². The van der Waals surface area contributed by atoms with E-state index in [1.54, 1.807) is 13.0 Å². The number of aryl methyl sites for hydroxylation is 2. The van der Waals surface area contributed by atoms with Gasteiger partial charge in [0.1, 0.15) is 17.3 Å². The average molecular weight is 220 g/mol. The summed E-state index contributed by atoms with van der Waals surface area (Å²) >= 11 is 0. The van der Waals surface area contributed by atoms with Gasteiger partial charge in [-0.25, -0.2) is 0 Å². The number of Topliss-reactive ketones (excluding diaryl/α,β-unsaturated/α-hetero) is 2. The maximum atomic E-state index is 12.2. The Morgan fingerprint density at radius 1 is 1.38 bits per heavy atom. The van der Waals surface area contributed by atoms with Crippen LogP contribution in [-0.2, 0) is 4.79 Å². The molecule has 1 unspecified atom stereocenters. The van der Waals surface area contributed by atoms with Crippen molar-refractivity contribution in [3.8, 4) is 0 Å². The van der Waals surface area contributed by atoms with Crippen molar-refractivity contribution in [3.05, 3.63) is 23.2 Å². The fourth-order valence-electron chi connectivity index (χ4n) is 2.32. The molecule has 1 aliphatic rings. The summed E-state index contributed by atoms with van der Waals surface area (Å²) in [5, 5.41) is 0. The summed E-state index contributed by atoms with van der Waals surface area (Å²) in [6.07, 6.45) is 3.14. The van der Waals surface area contributed by atoms with Crippen LogP contribution in [0.4, 0.5) is 0 Å². The second kappa shape index (κ2) is 4.24. The molecule has 1 aromatic heterocycles. The molecule has 1 atom stereocenters. The van der Waals surface area contributed by atoms with E-state index in [9.17, 15) is 9.59 Å². The molecule has 0 bridgehead atoms. The standard InChI is InChI=1S/C13H16O3/c1-8-7-11(9(2)16-8)13(15)10-5-3-4-6-12(10)14/h7,10H,3-6H2,1-2H3. The summed E-state index contributed by atoms with van der Waals surface area (Å²) in [6, 6.07) is 1.74. The molecule has 0 saturated heterocycles. The Kier molecular flexibility index (Phi) is 2.95. The van der Waals surface area contributed by atoms with Crippen LogP contribution in [0.3, 0.4) is 0 Å². The third-order valence-corrected chi connectivity index (χ3v) is 3.18. The molecule has 0 spiro atoms. The maximum absolute atomic E-state index is 12.2. The van der Waals surface area contributed by atoms with Gasteiger partial charge in [-0.3, -0.25) is 9.59 Å². The quantitative estimate of drug-likeness (QED) is 0.568. The Morgan fingerprint density at radius 2 is 2.12 bits per heavy atom. The first-order chi connectivity index (χ1) is 7.59. The van der Waals surface area contributed by atoms with Gasteiger partial charge in [0, 0.05) is 6.42 Å². The molecule has 1 aliphatic carbocycles. The number of carbonyl (C=O) groups is 2. The zero-order valence-electron chi connectivity index (χ0n) is 9.71. The minimum Gasteiger partial charge on any atom is -0.466 e. The van der Waals surface area contributed by atoms with Crippen molar-refractivity contribution in [3.63, 3.8) is 0 Å². The van der Waals surface area contributed by atoms with E-state index in [0.29, 0.717) is 24.2 Å². The molecule has 1 fully saturated rings. The van der Waals surface area contributed by atoms with Crippen LogP contribution in [0.15, 0.2) is 10.5 Å². The molecule has 16 heavy (non-hydrogen) atoms. The number of ketones is 2. The van der Waals surface area contributed by atoms with Crippen LogP contribution < -0.4 is 0 Å². The van der Waals surface area contributed by atoms with E-state index in [4.69, 9.17) is 4.42 Å². The van der Waals surface area contributed by atoms with Gasteiger partial charge >= 0.3 is 0 Å². The summed E-state index contributed by atoms with van der Waals surface area (Å²) in [7, 11) is 0. The highest BCUT2D eigenvalue weighted by Gasteiger charge is 2.31. The second-order valence-corrected chi connectivity index (χ2v) is 4.46. The van der Waals surface area contributed by atoms with Crippen molar-refractivity contribution in [1.82, 2.24) is 0 Å². The van der Waals surface area contributed by atoms with Crippen molar-refractivity contribution in [2.24, 2.45) is 5.92 Å². The van der Waals surface area contributed by atoms with E-state index in [1.807, 2.05) is 6.92 Å². The van der Waals surface area contributed by atoms with Crippen LogP contribution in [0, 0.1) is 19.8 Å². The van der Waals surface area contributed by atoms with Crippen LogP contribution in [0.25, 0.3) is 0 Å². The van der Waals surface area contributed by atoms with Crippen LogP contribution >= 0.6 is 0 Å². The molecule has 86 valence electrons. The average Bonchev–Trinajstić information content (AvgIpc) is 2.58. The molecule has 1 heterocycles. The van der Waals surface area contributed by atoms with Gasteiger partial charge in [-0.05, 0) is 32.8 Å². The number of carbonyl (C=O) groups excluding carboxylic acids is 2. The van der Waals surface area contributed by atoms with Gasteiger partial charge in [-0.1, -0.05) is 6.42 Å². The molecule has 2 rings (SSSR count). The van der Waals surface area contributed by atoms with E-state index in [2.05, 4.69) is 0 Å². The van der Waals surface area contributed by atoms with Crippen LogP contribution in [-0.4, -0.2) is 11.6 Å². The summed E-state index contributed by atoms with van der Waals surface area (Å²) in [4.78, 5) is 23.8. The first-order valence-corrected chi connectivity index (χ1v) is 5.73. The highest BCUT2D eigenvalue weighted by atomic mass is 16.3. The summed E-state index contributed by atoms with van der Waals surface area (Å²) in [6.45, 7) is 3.58. The minimum absolute atomic E-state index is 0.0564. The third kappa shape index (κ3) is 1.94. The van der Waals surface area contributed by atoms with Gasteiger partial charge in [-0.2, -0.15) is 0 Å². The molecule has 0 aromatic carbocycles. The van der Waals surface area contributed by atoms with Gasteiger partial charge in [0.2, 0.25) is 0 Å². The molecule has 3 nitrogen and oxygen atoms in total. The van der Waals surface area contributed by atoms with Crippen molar-refractivity contribution in [2.45, 2.75) is 39.5 Å². The Bertz CT molecular complexity index is 428. The molecule has 1 saturated carbocycles. The Hall–Kier alpha value is -1.38. The van der Waals surface area contributed by atoms with Gasteiger partial charge in [0.15, 0.2) is 5.78 Å². The normalized spacial score (nSPS) is 21.1. The lowest BCUT2D eigenvalue weighted by molar-refractivity contribution is -0.122. The summed E-state index contributed by atoms with van der Waals surface area (Å²) in [5.74, 6) is 0.961. The fraction of sp³-hybridized carbons (Fsp3) is 0.538. The monoisotopic (exact) mass is 220 g/mol. The predicted molar refractivity (Wildman–Crippen MR) is 59.5 cm³/mol. The van der Waals surface area contributed by atoms with Crippen molar-refractivity contribution >= 4 is 11.6 Å². The highest BCUT2D eigenvalue weighted by molar-refractivity contribution is 6.11. The molecular formula is C13H16O3. The third-order valence-electron chi connectivity index (χ3n) is 3.18. The molecule has 1 aromatic rings. The van der Waals surface area contributed by atoms with E-state index in [-0.39, 0.29) is 11.6 Å². The molecule has 0 N–H and O–H groups in total. The number of hydrogen-bond acceptors (Lipinski definition) is 3. The van der Waals surface area contributed by atoms with Crippen LogP contribution in [0.2, 0.25) is 0 Å². The second-order valence-electron chi connectivity index (χ2n) is 4.46. The molecule has 0 radical (unpaired) electrons. The molecule has 3 heteroatoms. The largest absolute Gasteiger partial charge is 0.466 e. The Morgan fingerprint density at radius 3 is 2.69 bits per heavy atom. The van der Waals surface area contributed by atoms with E-state index >= 15 is 0 Å². The fourth-order valence-corrected chi connectivity index (χ4v) is 2.32. The zero-order valence-corrected chi connectivity index (χ0v) is 9.71. The smallest absolute Gasteiger partial charge is 0.176 e. The van der Waals surface area contributed by atoms with Crippen LogP contribution in [0.5, 0.6) is 0 Å². The predicted octanol–water partition coefficient (Wildman–Crippen LogP) is 2.84. The highest BCUT2D eigenvalue weighted by Crippen LogP contribution is 2.26. The van der Waals surface area contributed by atoms with Crippen molar-refractivity contribution < 1.29 is 14.0 Å². The first kappa shape index (κ1) is 11.1. The lowest BCUT2D eigenvalue weighted by Crippen LogP contribution is -2.27. The van der Waals surface area contributed by atoms with Gasteiger partial charge in [0.05, 0.1) is 11.5 Å². The van der Waals surface area contributed by atoms with E-state index in [1.165, 1.54) is 0 Å².